The molecule has 22 heavy (non-hydrogen) atoms. The van der Waals surface area contributed by atoms with Gasteiger partial charge in [-0.2, -0.15) is 0 Å². The molecule has 3 aromatic rings. The van der Waals surface area contributed by atoms with Crippen LogP contribution in [0.4, 0.5) is 10.3 Å². The fraction of sp³-hybridized carbons (Fsp3) is 0.375. The van der Waals surface area contributed by atoms with Crippen LogP contribution in [-0.2, 0) is 12.8 Å². The second kappa shape index (κ2) is 5.52. The zero-order valence-electron chi connectivity index (χ0n) is 12.5. The van der Waals surface area contributed by atoms with Gasteiger partial charge in [-0.1, -0.05) is 18.3 Å². The Labute approximate surface area is 137 Å². The zero-order valence-corrected chi connectivity index (χ0v) is 14.2. The summed E-state index contributed by atoms with van der Waals surface area (Å²) < 4.78 is 6.40. The molecule has 6 heteroatoms. The monoisotopic (exact) mass is 331 g/mol. The van der Waals surface area contributed by atoms with E-state index in [0.29, 0.717) is 0 Å². The summed E-state index contributed by atoms with van der Waals surface area (Å²) in [7, 11) is 1.67. The topological polar surface area (TPSA) is 47.0 Å². The van der Waals surface area contributed by atoms with Crippen LogP contribution in [-0.4, -0.2) is 17.1 Å². The highest BCUT2D eigenvalue weighted by Crippen LogP contribution is 2.35. The van der Waals surface area contributed by atoms with E-state index in [4.69, 9.17) is 9.72 Å². The molecule has 0 saturated heterocycles. The Kier molecular flexibility index (Phi) is 3.50. The summed E-state index contributed by atoms with van der Waals surface area (Å²) >= 11 is 3.42. The Morgan fingerprint density at radius 1 is 1.23 bits per heavy atom. The lowest BCUT2D eigenvalue weighted by Crippen LogP contribution is -2.09. The maximum Gasteiger partial charge on any atom is 0.190 e. The van der Waals surface area contributed by atoms with Gasteiger partial charge in [-0.05, 0) is 37.3 Å². The molecular weight excluding hydrogens is 314 g/mol. The van der Waals surface area contributed by atoms with E-state index in [1.165, 1.54) is 17.0 Å². The Balaban J connectivity index is 1.60. The Bertz CT molecular complexity index is 824. The van der Waals surface area contributed by atoms with Crippen molar-refractivity contribution in [3.8, 4) is 5.75 Å². The third kappa shape index (κ3) is 2.57. The van der Waals surface area contributed by atoms with Gasteiger partial charge in [-0.3, -0.25) is 0 Å². The van der Waals surface area contributed by atoms with Gasteiger partial charge in [0.05, 0.1) is 23.0 Å². The highest BCUT2D eigenvalue weighted by atomic mass is 32.1. The maximum absolute atomic E-state index is 5.25. The van der Waals surface area contributed by atoms with Gasteiger partial charge in [0, 0.05) is 10.9 Å². The number of hydrogen-bond donors (Lipinski definition) is 1. The third-order valence-corrected chi connectivity index (χ3v) is 5.98. The molecule has 0 radical (unpaired) electrons. The molecule has 0 aliphatic heterocycles. The first-order chi connectivity index (χ1) is 10.7. The van der Waals surface area contributed by atoms with Crippen LogP contribution >= 0.6 is 22.7 Å². The molecule has 1 aliphatic rings. The number of thiazole rings is 2. The van der Waals surface area contributed by atoms with Crippen LogP contribution in [0.15, 0.2) is 18.2 Å². The van der Waals surface area contributed by atoms with Gasteiger partial charge < -0.3 is 10.1 Å². The number of aromatic nitrogens is 2. The average molecular weight is 331 g/mol. The normalized spacial score (nSPS) is 17.5. The summed E-state index contributed by atoms with van der Waals surface area (Å²) in [5.74, 6) is 1.61. The van der Waals surface area contributed by atoms with E-state index >= 15 is 0 Å². The SMILES string of the molecule is COc1ccc2sc(Nc3nc4c(s3)CC(C)CC4)nc2c1. The smallest absolute Gasteiger partial charge is 0.190 e. The quantitative estimate of drug-likeness (QED) is 0.760. The lowest BCUT2D eigenvalue weighted by atomic mass is 9.93. The summed E-state index contributed by atoms with van der Waals surface area (Å²) in [6, 6.07) is 5.98. The molecule has 0 amide bonds. The fourth-order valence-electron chi connectivity index (χ4n) is 2.77. The molecule has 0 fully saturated rings. The highest BCUT2D eigenvalue weighted by molar-refractivity contribution is 7.22. The number of benzene rings is 1. The van der Waals surface area contributed by atoms with Gasteiger partial charge in [0.25, 0.3) is 0 Å². The largest absolute Gasteiger partial charge is 0.497 e. The van der Waals surface area contributed by atoms with E-state index in [-0.39, 0.29) is 0 Å². The van der Waals surface area contributed by atoms with Crippen LogP contribution in [0.5, 0.6) is 5.75 Å². The van der Waals surface area contributed by atoms with Crippen LogP contribution < -0.4 is 10.1 Å². The average Bonchev–Trinajstić information content (AvgIpc) is 3.08. The summed E-state index contributed by atoms with van der Waals surface area (Å²) in [6.07, 6.45) is 3.51. The van der Waals surface area contributed by atoms with Crippen molar-refractivity contribution in [2.75, 3.05) is 12.4 Å². The zero-order chi connectivity index (χ0) is 15.1. The Morgan fingerprint density at radius 2 is 2.09 bits per heavy atom. The Hall–Kier alpha value is -1.66. The molecule has 0 saturated carbocycles. The number of fused-ring (bicyclic) bond motifs is 2. The predicted molar refractivity (Wildman–Crippen MR) is 92.8 cm³/mol. The summed E-state index contributed by atoms with van der Waals surface area (Å²) in [5, 5.41) is 5.23. The van der Waals surface area contributed by atoms with Crippen LogP contribution in [0, 0.1) is 5.92 Å². The predicted octanol–water partition coefficient (Wildman–Crippen LogP) is 4.63. The van der Waals surface area contributed by atoms with Crippen LogP contribution in [0.3, 0.4) is 0 Å². The van der Waals surface area contributed by atoms with Crippen molar-refractivity contribution in [3.63, 3.8) is 0 Å². The standard InChI is InChI=1S/C16H17N3OS2/c1-9-3-5-11-14(7-9)22-15(17-11)19-16-18-12-8-10(20-2)4-6-13(12)21-16/h4,6,8-9H,3,5,7H2,1-2H3,(H,17,18,19). The van der Waals surface area contributed by atoms with Gasteiger partial charge in [0.15, 0.2) is 10.3 Å². The Morgan fingerprint density at radius 3 is 2.95 bits per heavy atom. The molecule has 1 unspecified atom stereocenters. The molecule has 2 heterocycles. The van der Waals surface area contributed by atoms with E-state index in [1.54, 1.807) is 29.8 Å². The van der Waals surface area contributed by atoms with Crippen molar-refractivity contribution in [2.45, 2.75) is 26.2 Å². The van der Waals surface area contributed by atoms with Crippen molar-refractivity contribution in [1.29, 1.82) is 0 Å². The fourth-order valence-corrected chi connectivity index (χ4v) is 4.85. The lowest BCUT2D eigenvalue weighted by Gasteiger charge is -2.15. The number of nitrogens with zero attached hydrogens (tertiary/aromatic N) is 2. The molecule has 2 aromatic heterocycles. The number of ether oxygens (including phenoxy) is 1. The molecule has 1 N–H and O–H groups in total. The van der Waals surface area contributed by atoms with Gasteiger partial charge in [0.1, 0.15) is 5.75 Å². The van der Waals surface area contributed by atoms with Crippen molar-refractivity contribution in [1.82, 2.24) is 9.97 Å². The van der Waals surface area contributed by atoms with Gasteiger partial charge in [-0.15, -0.1) is 11.3 Å². The first-order valence-corrected chi connectivity index (χ1v) is 9.05. The number of hydrogen-bond acceptors (Lipinski definition) is 6. The molecule has 4 nitrogen and oxygen atoms in total. The lowest BCUT2D eigenvalue weighted by molar-refractivity contribution is 0.415. The summed E-state index contributed by atoms with van der Waals surface area (Å²) in [4.78, 5) is 10.8. The second-order valence-corrected chi connectivity index (χ2v) is 7.83. The van der Waals surface area contributed by atoms with E-state index in [9.17, 15) is 0 Å². The first-order valence-electron chi connectivity index (χ1n) is 7.41. The minimum Gasteiger partial charge on any atom is -0.497 e. The number of rotatable bonds is 3. The van der Waals surface area contributed by atoms with E-state index in [1.807, 2.05) is 18.2 Å². The summed E-state index contributed by atoms with van der Waals surface area (Å²) in [6.45, 7) is 2.32. The second-order valence-electron chi connectivity index (χ2n) is 5.71. The third-order valence-electron chi connectivity index (χ3n) is 3.99. The molecule has 1 aliphatic carbocycles. The number of anilines is 2. The molecule has 0 spiro atoms. The minimum atomic E-state index is 0.774. The number of methoxy groups -OCH3 is 1. The number of aryl methyl sites for hydroxylation is 1. The molecule has 1 aromatic carbocycles. The van der Waals surface area contributed by atoms with Crippen LogP contribution in [0.25, 0.3) is 10.2 Å². The molecule has 114 valence electrons. The van der Waals surface area contributed by atoms with Gasteiger partial charge >= 0.3 is 0 Å². The van der Waals surface area contributed by atoms with Gasteiger partial charge in [-0.25, -0.2) is 9.97 Å². The number of nitrogens with one attached hydrogen (secondary N) is 1. The van der Waals surface area contributed by atoms with Crippen molar-refractivity contribution in [2.24, 2.45) is 5.92 Å². The van der Waals surface area contributed by atoms with Crippen molar-refractivity contribution >= 4 is 43.2 Å². The highest BCUT2D eigenvalue weighted by Gasteiger charge is 2.20. The van der Waals surface area contributed by atoms with Crippen molar-refractivity contribution in [3.05, 3.63) is 28.8 Å². The van der Waals surface area contributed by atoms with E-state index in [2.05, 4.69) is 17.2 Å². The summed E-state index contributed by atoms with van der Waals surface area (Å²) in [5.41, 5.74) is 2.23. The van der Waals surface area contributed by atoms with Crippen LogP contribution in [0.2, 0.25) is 0 Å². The molecule has 0 bridgehead atoms. The van der Waals surface area contributed by atoms with Crippen molar-refractivity contribution < 1.29 is 4.74 Å². The van der Waals surface area contributed by atoms with Crippen LogP contribution in [0.1, 0.15) is 23.9 Å². The molecular formula is C16H17N3OS2. The van der Waals surface area contributed by atoms with Gasteiger partial charge in [0.2, 0.25) is 0 Å². The molecule has 1 atom stereocenters. The maximum atomic E-state index is 5.25. The first kappa shape index (κ1) is 14.0. The molecule has 4 rings (SSSR count). The van der Waals surface area contributed by atoms with E-state index < -0.39 is 0 Å². The van der Waals surface area contributed by atoms with E-state index in [0.717, 1.165) is 45.0 Å². The minimum absolute atomic E-state index is 0.774.